The van der Waals surface area contributed by atoms with Crippen molar-refractivity contribution in [2.24, 2.45) is 0 Å². The summed E-state index contributed by atoms with van der Waals surface area (Å²) in [5.74, 6) is 0.747. The van der Waals surface area contributed by atoms with Crippen molar-refractivity contribution in [1.29, 1.82) is 0 Å². The summed E-state index contributed by atoms with van der Waals surface area (Å²) in [5.41, 5.74) is 1.38. The standard InChI is InChI=1S/C26H32F3N7O3/c1-4-31-24(38)20-21(37)17-14-32-25(35-22(17)34-23(20)30-2)33-18-6-5-16(13-19(18)39-3)15-7-10-36(11-8-15)12-9-26(27,28)29/h5-6,13-15H,4,7-12H2,1-3H3,(H,31,38)(H3,30,32,33,34,35,37). The van der Waals surface area contributed by atoms with Crippen LogP contribution in [0.4, 0.5) is 30.6 Å². The predicted octanol–water partition coefficient (Wildman–Crippen LogP) is 3.99. The van der Waals surface area contributed by atoms with Gasteiger partial charge < -0.3 is 30.6 Å². The molecule has 0 aliphatic carbocycles. The minimum atomic E-state index is -4.14. The monoisotopic (exact) mass is 547 g/mol. The number of likely N-dealkylation sites (tertiary alicyclic amines) is 1. The van der Waals surface area contributed by atoms with E-state index in [0.29, 0.717) is 31.1 Å². The number of ether oxygens (including phenoxy) is 1. The van der Waals surface area contributed by atoms with Gasteiger partial charge in [0.05, 0.1) is 24.6 Å². The van der Waals surface area contributed by atoms with Crippen molar-refractivity contribution < 1.29 is 22.7 Å². The summed E-state index contributed by atoms with van der Waals surface area (Å²) < 4.78 is 43.2. The number of pyridine rings is 1. The molecule has 0 saturated carbocycles. The van der Waals surface area contributed by atoms with Crippen molar-refractivity contribution in [1.82, 2.24) is 25.2 Å². The van der Waals surface area contributed by atoms with Crippen molar-refractivity contribution in [2.75, 3.05) is 51.0 Å². The molecular formula is C26H32F3N7O3. The molecule has 39 heavy (non-hydrogen) atoms. The average Bonchev–Trinajstić information content (AvgIpc) is 2.91. The molecule has 10 nitrogen and oxygen atoms in total. The summed E-state index contributed by atoms with van der Waals surface area (Å²) in [6.45, 7) is 3.40. The van der Waals surface area contributed by atoms with E-state index in [9.17, 15) is 22.8 Å². The molecule has 1 amide bonds. The van der Waals surface area contributed by atoms with Crippen LogP contribution in [0.2, 0.25) is 0 Å². The Morgan fingerprint density at radius 2 is 2.00 bits per heavy atom. The number of piperidine rings is 1. The fourth-order valence-corrected chi connectivity index (χ4v) is 4.75. The second-order valence-corrected chi connectivity index (χ2v) is 9.34. The van der Waals surface area contributed by atoms with Crippen LogP contribution in [-0.2, 0) is 0 Å². The molecule has 2 aromatic heterocycles. The number of anilines is 3. The lowest BCUT2D eigenvalue weighted by molar-refractivity contribution is -0.138. The highest BCUT2D eigenvalue weighted by Gasteiger charge is 2.29. The van der Waals surface area contributed by atoms with Gasteiger partial charge in [0, 0.05) is 26.3 Å². The third-order valence-electron chi connectivity index (χ3n) is 6.81. The molecule has 210 valence electrons. The number of hydrogen-bond donors (Lipinski definition) is 4. The van der Waals surface area contributed by atoms with E-state index >= 15 is 0 Å². The summed E-state index contributed by atoms with van der Waals surface area (Å²) in [4.78, 5) is 38.9. The summed E-state index contributed by atoms with van der Waals surface area (Å²) in [6.07, 6.45) is -2.04. The van der Waals surface area contributed by atoms with Crippen LogP contribution in [0.3, 0.4) is 0 Å². The van der Waals surface area contributed by atoms with Crippen LogP contribution >= 0.6 is 0 Å². The maximum Gasteiger partial charge on any atom is 0.390 e. The molecule has 4 rings (SSSR count). The Bertz CT molecular complexity index is 1390. The van der Waals surface area contributed by atoms with Crippen LogP contribution < -0.4 is 26.1 Å². The van der Waals surface area contributed by atoms with Crippen LogP contribution in [0.15, 0.2) is 29.2 Å². The van der Waals surface area contributed by atoms with Crippen molar-refractivity contribution in [3.8, 4) is 5.75 Å². The number of aromatic amines is 1. The molecular weight excluding hydrogens is 515 g/mol. The lowest BCUT2D eigenvalue weighted by Crippen LogP contribution is -2.35. The Balaban J connectivity index is 1.51. The molecule has 3 aromatic rings. The lowest BCUT2D eigenvalue weighted by Gasteiger charge is -2.32. The van der Waals surface area contributed by atoms with Crippen LogP contribution in [-0.4, -0.2) is 72.3 Å². The summed E-state index contributed by atoms with van der Waals surface area (Å²) >= 11 is 0. The molecule has 0 unspecified atom stereocenters. The Labute approximate surface area is 223 Å². The predicted molar refractivity (Wildman–Crippen MR) is 143 cm³/mol. The van der Waals surface area contributed by atoms with Crippen LogP contribution in [0.25, 0.3) is 11.0 Å². The number of hydrogen-bond acceptors (Lipinski definition) is 8. The van der Waals surface area contributed by atoms with Gasteiger partial charge in [-0.15, -0.1) is 0 Å². The zero-order valence-electron chi connectivity index (χ0n) is 22.0. The first-order valence-corrected chi connectivity index (χ1v) is 12.8. The minimum absolute atomic E-state index is 0.0302. The minimum Gasteiger partial charge on any atom is -0.495 e. The number of nitrogens with zero attached hydrogens (tertiary/aromatic N) is 3. The van der Waals surface area contributed by atoms with E-state index in [1.807, 2.05) is 23.1 Å². The highest BCUT2D eigenvalue weighted by Crippen LogP contribution is 2.35. The Morgan fingerprint density at radius 1 is 1.26 bits per heavy atom. The number of carbonyl (C=O) groups is 1. The number of nitrogens with one attached hydrogen (secondary N) is 4. The zero-order chi connectivity index (χ0) is 28.2. The molecule has 1 aliphatic heterocycles. The summed E-state index contributed by atoms with van der Waals surface area (Å²) in [5, 5.41) is 8.75. The van der Waals surface area contributed by atoms with E-state index in [4.69, 9.17) is 4.74 Å². The fourth-order valence-electron chi connectivity index (χ4n) is 4.75. The van der Waals surface area contributed by atoms with E-state index < -0.39 is 23.9 Å². The molecule has 0 atom stereocenters. The molecule has 0 spiro atoms. The number of H-pyrrole nitrogens is 1. The molecule has 1 fully saturated rings. The molecule has 0 bridgehead atoms. The smallest absolute Gasteiger partial charge is 0.390 e. The number of carbonyl (C=O) groups excluding carboxylic acids is 1. The van der Waals surface area contributed by atoms with Crippen molar-refractivity contribution in [2.45, 2.75) is 38.3 Å². The van der Waals surface area contributed by atoms with Crippen LogP contribution in [0, 0.1) is 0 Å². The van der Waals surface area contributed by atoms with Gasteiger partial charge in [0.15, 0.2) is 0 Å². The summed E-state index contributed by atoms with van der Waals surface area (Å²) in [7, 11) is 3.14. The van der Waals surface area contributed by atoms with E-state index in [1.165, 1.54) is 6.20 Å². The molecule has 3 heterocycles. The van der Waals surface area contributed by atoms with Gasteiger partial charge in [0.25, 0.3) is 5.91 Å². The van der Waals surface area contributed by atoms with Crippen LogP contribution in [0.1, 0.15) is 48.0 Å². The SMILES string of the molecule is CCNC(=O)c1c(NC)[nH]c2nc(Nc3ccc(C4CCN(CCC(F)(F)F)CC4)cc3OC)ncc2c1=O. The number of benzene rings is 1. The maximum atomic E-state index is 13.0. The molecule has 1 aromatic carbocycles. The molecule has 1 aliphatic rings. The van der Waals surface area contributed by atoms with Gasteiger partial charge in [-0.1, -0.05) is 6.07 Å². The van der Waals surface area contributed by atoms with Crippen molar-refractivity contribution in [3.05, 3.63) is 45.7 Å². The van der Waals surface area contributed by atoms with E-state index in [2.05, 4.69) is 30.9 Å². The number of methoxy groups -OCH3 is 1. The van der Waals surface area contributed by atoms with Gasteiger partial charge in [-0.3, -0.25) is 9.59 Å². The Morgan fingerprint density at radius 3 is 2.64 bits per heavy atom. The number of fused-ring (bicyclic) bond motifs is 1. The second-order valence-electron chi connectivity index (χ2n) is 9.34. The normalized spacial score (nSPS) is 14.8. The fraction of sp³-hybridized carbons (Fsp3) is 0.462. The molecule has 13 heteroatoms. The number of rotatable bonds is 9. The van der Waals surface area contributed by atoms with Gasteiger partial charge in [0.2, 0.25) is 11.4 Å². The second kappa shape index (κ2) is 11.9. The Hall–Kier alpha value is -3.87. The molecule has 1 saturated heterocycles. The number of halogens is 3. The topological polar surface area (TPSA) is 124 Å². The van der Waals surface area contributed by atoms with Crippen molar-refractivity contribution in [3.63, 3.8) is 0 Å². The van der Waals surface area contributed by atoms with E-state index in [0.717, 1.165) is 18.4 Å². The first kappa shape index (κ1) is 28.1. The number of alkyl halides is 3. The third kappa shape index (κ3) is 6.59. The zero-order valence-corrected chi connectivity index (χ0v) is 22.0. The molecule has 4 N–H and O–H groups in total. The van der Waals surface area contributed by atoms with Crippen LogP contribution in [0.5, 0.6) is 5.75 Å². The first-order valence-electron chi connectivity index (χ1n) is 12.8. The third-order valence-corrected chi connectivity index (χ3v) is 6.81. The van der Waals surface area contributed by atoms with E-state index in [-0.39, 0.29) is 40.8 Å². The van der Waals surface area contributed by atoms with Gasteiger partial charge in [-0.25, -0.2) is 4.98 Å². The van der Waals surface area contributed by atoms with Crippen molar-refractivity contribution >= 4 is 34.4 Å². The van der Waals surface area contributed by atoms with E-state index in [1.54, 1.807) is 21.1 Å². The average molecular weight is 548 g/mol. The highest BCUT2D eigenvalue weighted by molar-refractivity contribution is 6.01. The first-order chi connectivity index (χ1) is 18.6. The summed E-state index contributed by atoms with van der Waals surface area (Å²) in [6, 6.07) is 5.72. The number of amides is 1. The molecule has 0 radical (unpaired) electrons. The lowest BCUT2D eigenvalue weighted by atomic mass is 9.89. The highest BCUT2D eigenvalue weighted by atomic mass is 19.4. The largest absolute Gasteiger partial charge is 0.495 e. The quantitative estimate of drug-likeness (QED) is 0.317. The van der Waals surface area contributed by atoms with Gasteiger partial charge in [-0.2, -0.15) is 18.2 Å². The van der Waals surface area contributed by atoms with Gasteiger partial charge >= 0.3 is 6.18 Å². The van der Waals surface area contributed by atoms with Gasteiger partial charge in [0.1, 0.15) is 22.8 Å². The number of aromatic nitrogens is 3. The Kier molecular flexibility index (Phi) is 8.58. The maximum absolute atomic E-state index is 13.0. The van der Waals surface area contributed by atoms with Gasteiger partial charge in [-0.05, 0) is 56.5 Å².